The molecular formula is C21H30BrN3O. The van der Waals surface area contributed by atoms with Crippen molar-refractivity contribution in [3.05, 3.63) is 38.9 Å². The minimum atomic E-state index is 0.0769. The van der Waals surface area contributed by atoms with Gasteiger partial charge < -0.3 is 0 Å². The van der Waals surface area contributed by atoms with Crippen LogP contribution in [0.2, 0.25) is 0 Å². The van der Waals surface area contributed by atoms with E-state index in [-0.39, 0.29) is 11.6 Å². The summed E-state index contributed by atoms with van der Waals surface area (Å²) in [6.45, 7) is 11.8. The standard InChI is InChI=1S/C21H30BrN3O/c1-5-7-19(24-12-14(3)10-15(4)13-24)20-23-18-9-8-16(22)11-17(18)21(26)25(20)6-2/h8-9,11,14-15,19H,5-7,10,12-13H2,1-4H3/t14-,15+,19?. The monoisotopic (exact) mass is 419 g/mol. The van der Waals surface area contributed by atoms with Gasteiger partial charge in [-0.05, 0) is 49.8 Å². The van der Waals surface area contributed by atoms with Gasteiger partial charge in [-0.3, -0.25) is 14.3 Å². The summed E-state index contributed by atoms with van der Waals surface area (Å²) < 4.78 is 2.81. The van der Waals surface area contributed by atoms with E-state index in [2.05, 4.69) is 41.6 Å². The minimum Gasteiger partial charge on any atom is -0.295 e. The Hall–Kier alpha value is -1.20. The van der Waals surface area contributed by atoms with Crippen LogP contribution in [0.1, 0.15) is 58.8 Å². The van der Waals surface area contributed by atoms with Gasteiger partial charge in [0.2, 0.25) is 0 Å². The lowest BCUT2D eigenvalue weighted by Crippen LogP contribution is -2.43. The SMILES string of the molecule is CCCC(c1nc2ccc(Br)cc2c(=O)n1CC)N1C[C@H](C)C[C@H](C)C1. The number of hydrogen-bond donors (Lipinski definition) is 0. The fraction of sp³-hybridized carbons (Fsp3) is 0.619. The Bertz CT molecular complexity index is 822. The molecule has 0 amide bonds. The van der Waals surface area contributed by atoms with Crippen LogP contribution in [0, 0.1) is 11.8 Å². The summed E-state index contributed by atoms with van der Waals surface area (Å²) in [6, 6.07) is 6.02. The fourth-order valence-corrected chi connectivity index (χ4v) is 4.85. The quantitative estimate of drug-likeness (QED) is 0.684. The topological polar surface area (TPSA) is 38.1 Å². The number of piperidine rings is 1. The fourth-order valence-electron chi connectivity index (χ4n) is 4.48. The second-order valence-corrected chi connectivity index (χ2v) is 8.80. The smallest absolute Gasteiger partial charge is 0.261 e. The van der Waals surface area contributed by atoms with Crippen molar-refractivity contribution in [2.24, 2.45) is 11.8 Å². The van der Waals surface area contributed by atoms with Crippen molar-refractivity contribution in [1.82, 2.24) is 14.5 Å². The molecule has 1 saturated heterocycles. The molecule has 4 nitrogen and oxygen atoms in total. The molecule has 1 aromatic carbocycles. The van der Waals surface area contributed by atoms with Gasteiger partial charge in [0.15, 0.2) is 0 Å². The van der Waals surface area contributed by atoms with Crippen molar-refractivity contribution in [1.29, 1.82) is 0 Å². The van der Waals surface area contributed by atoms with Crippen LogP contribution >= 0.6 is 15.9 Å². The normalized spacial score (nSPS) is 22.7. The highest BCUT2D eigenvalue weighted by Gasteiger charge is 2.30. The number of rotatable bonds is 5. The Morgan fingerprint density at radius 2 is 1.92 bits per heavy atom. The molecule has 0 radical (unpaired) electrons. The molecule has 1 aliphatic rings. The molecule has 0 aliphatic carbocycles. The molecule has 0 bridgehead atoms. The van der Waals surface area contributed by atoms with Gasteiger partial charge in [-0.25, -0.2) is 4.98 Å². The van der Waals surface area contributed by atoms with Crippen LogP contribution in [0.3, 0.4) is 0 Å². The molecule has 0 saturated carbocycles. The lowest BCUT2D eigenvalue weighted by atomic mass is 9.90. The van der Waals surface area contributed by atoms with Gasteiger partial charge in [0.05, 0.1) is 16.9 Å². The first-order chi connectivity index (χ1) is 12.4. The minimum absolute atomic E-state index is 0.0769. The van der Waals surface area contributed by atoms with E-state index in [1.54, 1.807) is 0 Å². The van der Waals surface area contributed by atoms with Gasteiger partial charge in [0.1, 0.15) is 5.82 Å². The van der Waals surface area contributed by atoms with Gasteiger partial charge in [0, 0.05) is 24.1 Å². The Labute approximate surface area is 164 Å². The van der Waals surface area contributed by atoms with Crippen LogP contribution in [0.5, 0.6) is 0 Å². The number of fused-ring (bicyclic) bond motifs is 1. The molecule has 1 aromatic heterocycles. The first kappa shape index (κ1) is 19.6. The molecule has 2 aromatic rings. The molecule has 1 fully saturated rings. The summed E-state index contributed by atoms with van der Waals surface area (Å²) in [5.41, 5.74) is 0.880. The third-order valence-corrected chi connectivity index (χ3v) is 5.95. The molecule has 1 aliphatic heterocycles. The van der Waals surface area contributed by atoms with Crippen molar-refractivity contribution in [3.8, 4) is 0 Å². The number of halogens is 1. The van der Waals surface area contributed by atoms with Crippen molar-refractivity contribution < 1.29 is 0 Å². The Balaban J connectivity index is 2.13. The third kappa shape index (κ3) is 3.89. The maximum Gasteiger partial charge on any atom is 0.261 e. The van der Waals surface area contributed by atoms with Crippen LogP contribution < -0.4 is 5.56 Å². The molecule has 3 rings (SSSR count). The van der Waals surface area contributed by atoms with E-state index in [1.165, 1.54) is 6.42 Å². The first-order valence-electron chi connectivity index (χ1n) is 9.88. The molecule has 3 atom stereocenters. The van der Waals surface area contributed by atoms with Gasteiger partial charge in [-0.15, -0.1) is 0 Å². The highest BCUT2D eigenvalue weighted by atomic mass is 79.9. The lowest BCUT2D eigenvalue weighted by Gasteiger charge is -2.40. The van der Waals surface area contributed by atoms with Crippen LogP contribution in [-0.4, -0.2) is 27.5 Å². The summed E-state index contributed by atoms with van der Waals surface area (Å²) in [6.07, 6.45) is 3.41. The molecule has 1 unspecified atom stereocenters. The zero-order valence-corrected chi connectivity index (χ0v) is 17.9. The summed E-state index contributed by atoms with van der Waals surface area (Å²) in [5.74, 6) is 2.32. The van der Waals surface area contributed by atoms with Crippen LogP contribution in [0.25, 0.3) is 10.9 Å². The summed E-state index contributed by atoms with van der Waals surface area (Å²) in [5, 5.41) is 0.695. The van der Waals surface area contributed by atoms with Crippen LogP contribution in [0.15, 0.2) is 27.5 Å². The molecule has 5 heteroatoms. The van der Waals surface area contributed by atoms with E-state index < -0.39 is 0 Å². The Morgan fingerprint density at radius 1 is 1.23 bits per heavy atom. The Morgan fingerprint density at radius 3 is 2.54 bits per heavy atom. The van der Waals surface area contributed by atoms with E-state index in [4.69, 9.17) is 4.98 Å². The predicted octanol–water partition coefficient (Wildman–Crippen LogP) is 5.00. The number of nitrogens with zero attached hydrogens (tertiary/aromatic N) is 3. The highest BCUT2D eigenvalue weighted by molar-refractivity contribution is 9.10. The number of hydrogen-bond acceptors (Lipinski definition) is 3. The molecule has 0 N–H and O–H groups in total. The van der Waals surface area contributed by atoms with Crippen molar-refractivity contribution >= 4 is 26.8 Å². The average molecular weight is 420 g/mol. The van der Waals surface area contributed by atoms with Gasteiger partial charge in [-0.2, -0.15) is 0 Å². The number of aromatic nitrogens is 2. The maximum absolute atomic E-state index is 13.1. The van der Waals surface area contributed by atoms with Crippen LogP contribution in [-0.2, 0) is 6.54 Å². The summed E-state index contributed by atoms with van der Waals surface area (Å²) in [7, 11) is 0. The predicted molar refractivity (Wildman–Crippen MR) is 112 cm³/mol. The second-order valence-electron chi connectivity index (χ2n) is 7.89. The molecule has 26 heavy (non-hydrogen) atoms. The van der Waals surface area contributed by atoms with E-state index in [1.807, 2.05) is 29.7 Å². The van der Waals surface area contributed by atoms with Gasteiger partial charge >= 0.3 is 0 Å². The first-order valence-corrected chi connectivity index (χ1v) is 10.7. The molecular weight excluding hydrogens is 390 g/mol. The van der Waals surface area contributed by atoms with Crippen molar-refractivity contribution in [3.63, 3.8) is 0 Å². The lowest BCUT2D eigenvalue weighted by molar-refractivity contribution is 0.0836. The van der Waals surface area contributed by atoms with E-state index in [9.17, 15) is 4.79 Å². The van der Waals surface area contributed by atoms with Gasteiger partial charge in [-0.1, -0.05) is 43.1 Å². The Kier molecular flexibility index (Phi) is 6.18. The molecule has 0 spiro atoms. The maximum atomic E-state index is 13.1. The number of likely N-dealkylation sites (tertiary alicyclic amines) is 1. The van der Waals surface area contributed by atoms with Crippen molar-refractivity contribution in [2.45, 2.75) is 59.5 Å². The highest BCUT2D eigenvalue weighted by Crippen LogP contribution is 2.32. The second kappa shape index (κ2) is 8.22. The summed E-state index contributed by atoms with van der Waals surface area (Å²) in [4.78, 5) is 20.7. The van der Waals surface area contributed by atoms with E-state index >= 15 is 0 Å². The van der Waals surface area contributed by atoms with Crippen LogP contribution in [0.4, 0.5) is 0 Å². The zero-order chi connectivity index (χ0) is 18.8. The van der Waals surface area contributed by atoms with Crippen molar-refractivity contribution in [2.75, 3.05) is 13.1 Å². The van der Waals surface area contributed by atoms with E-state index in [0.717, 1.165) is 41.7 Å². The molecule has 2 heterocycles. The zero-order valence-electron chi connectivity index (χ0n) is 16.3. The summed E-state index contributed by atoms with van der Waals surface area (Å²) >= 11 is 3.48. The third-order valence-electron chi connectivity index (χ3n) is 5.46. The largest absolute Gasteiger partial charge is 0.295 e. The van der Waals surface area contributed by atoms with E-state index in [0.29, 0.717) is 23.8 Å². The number of benzene rings is 1. The molecule has 142 valence electrons. The van der Waals surface area contributed by atoms with Gasteiger partial charge in [0.25, 0.3) is 5.56 Å². The average Bonchev–Trinajstić information content (AvgIpc) is 2.59.